The number of pyridine rings is 2. The number of nitrogens with two attached hydrogens (primary N) is 1. The van der Waals surface area contributed by atoms with Crippen LogP contribution in [0.2, 0.25) is 5.02 Å². The molecule has 40 heavy (non-hydrogen) atoms. The van der Waals surface area contributed by atoms with Crippen molar-refractivity contribution >= 4 is 28.3 Å². The molecule has 4 aromatic heterocycles. The summed E-state index contributed by atoms with van der Waals surface area (Å²) in [4.78, 5) is 18.7. The molecular formula is C30H25ClN8O. The average molecular weight is 549 g/mol. The van der Waals surface area contributed by atoms with Gasteiger partial charge in [0.1, 0.15) is 17.0 Å². The van der Waals surface area contributed by atoms with Crippen LogP contribution in [0, 0.1) is 0 Å². The van der Waals surface area contributed by atoms with Gasteiger partial charge in [-0.25, -0.2) is 14.6 Å². The van der Waals surface area contributed by atoms with Crippen LogP contribution in [0.4, 0.5) is 5.82 Å². The van der Waals surface area contributed by atoms with Crippen LogP contribution >= 0.6 is 11.6 Å². The summed E-state index contributed by atoms with van der Waals surface area (Å²) in [6.07, 6.45) is 3.46. The fourth-order valence-electron chi connectivity index (χ4n) is 4.48. The van der Waals surface area contributed by atoms with Crippen molar-refractivity contribution in [2.45, 2.75) is 26.0 Å². The first kappa shape index (κ1) is 25.5. The zero-order valence-electron chi connectivity index (χ0n) is 21.8. The molecule has 0 bridgehead atoms. The highest BCUT2D eigenvalue weighted by atomic mass is 35.5. The number of hydrogen-bond donors (Lipinski definition) is 2. The highest BCUT2D eigenvalue weighted by Gasteiger charge is 2.21. The van der Waals surface area contributed by atoms with Crippen molar-refractivity contribution in [2.24, 2.45) is 0 Å². The van der Waals surface area contributed by atoms with Crippen LogP contribution in [0.15, 0.2) is 85.2 Å². The topological polar surface area (TPSA) is 129 Å². The van der Waals surface area contributed by atoms with Gasteiger partial charge in [0, 0.05) is 22.7 Å². The first-order chi connectivity index (χ1) is 19.3. The van der Waals surface area contributed by atoms with Gasteiger partial charge in [0.2, 0.25) is 0 Å². The second kappa shape index (κ2) is 10.1. The molecule has 6 rings (SSSR count). The van der Waals surface area contributed by atoms with Crippen molar-refractivity contribution in [3.05, 3.63) is 102 Å². The van der Waals surface area contributed by atoms with E-state index >= 15 is 0 Å². The van der Waals surface area contributed by atoms with E-state index in [1.54, 1.807) is 37.0 Å². The van der Waals surface area contributed by atoms with Gasteiger partial charge in [0.25, 0.3) is 0 Å². The molecule has 9 nitrogen and oxygen atoms in total. The van der Waals surface area contributed by atoms with Crippen LogP contribution in [0.25, 0.3) is 44.8 Å². The molecule has 0 fully saturated rings. The highest BCUT2D eigenvalue weighted by Crippen LogP contribution is 2.36. The van der Waals surface area contributed by atoms with Gasteiger partial charge in [-0.15, -0.1) is 5.10 Å². The van der Waals surface area contributed by atoms with Gasteiger partial charge >= 0.3 is 0 Å². The number of halogens is 1. The first-order valence-electron chi connectivity index (χ1n) is 12.6. The van der Waals surface area contributed by atoms with Crippen molar-refractivity contribution in [3.63, 3.8) is 0 Å². The van der Waals surface area contributed by atoms with Crippen LogP contribution in [0.5, 0.6) is 0 Å². The molecule has 0 aliphatic rings. The predicted molar refractivity (Wildman–Crippen MR) is 155 cm³/mol. The Morgan fingerprint density at radius 2 is 1.68 bits per heavy atom. The average Bonchev–Trinajstić information content (AvgIpc) is 3.41. The molecule has 0 saturated carbocycles. The minimum Gasteiger partial charge on any atom is -0.384 e. The number of nitrogens with zero attached hydrogens (tertiary/aromatic N) is 7. The predicted octanol–water partition coefficient (Wildman–Crippen LogP) is 5.52. The summed E-state index contributed by atoms with van der Waals surface area (Å²) in [6.45, 7) is 3.75. The maximum absolute atomic E-state index is 10.3. The Hall–Kier alpha value is -4.73. The minimum atomic E-state index is -1.05. The molecule has 0 amide bonds. The van der Waals surface area contributed by atoms with Crippen LogP contribution < -0.4 is 5.73 Å². The van der Waals surface area contributed by atoms with E-state index in [-0.39, 0.29) is 5.82 Å². The van der Waals surface area contributed by atoms with Crippen molar-refractivity contribution in [3.8, 4) is 33.9 Å². The Morgan fingerprint density at radius 1 is 0.875 bits per heavy atom. The lowest BCUT2D eigenvalue weighted by Crippen LogP contribution is -2.18. The second-order valence-electron chi connectivity index (χ2n) is 9.93. The second-order valence-corrected chi connectivity index (χ2v) is 10.3. The Balaban J connectivity index is 1.44. The highest BCUT2D eigenvalue weighted by molar-refractivity contribution is 6.35. The largest absolute Gasteiger partial charge is 0.384 e. The van der Waals surface area contributed by atoms with E-state index in [0.29, 0.717) is 45.6 Å². The van der Waals surface area contributed by atoms with Gasteiger partial charge in [0.05, 0.1) is 46.1 Å². The monoisotopic (exact) mass is 548 g/mol. The number of benzene rings is 2. The summed E-state index contributed by atoms with van der Waals surface area (Å²) in [5.74, 6) is 0.227. The van der Waals surface area contributed by atoms with Crippen LogP contribution in [0.1, 0.15) is 25.2 Å². The third kappa shape index (κ3) is 5.00. The quantitative estimate of drug-likeness (QED) is 0.278. The van der Waals surface area contributed by atoms with E-state index in [1.165, 1.54) is 0 Å². The van der Waals surface area contributed by atoms with Gasteiger partial charge in [-0.2, -0.15) is 0 Å². The van der Waals surface area contributed by atoms with Crippen LogP contribution in [0.3, 0.4) is 0 Å². The summed E-state index contributed by atoms with van der Waals surface area (Å²) in [5.41, 5.74) is 11.2. The van der Waals surface area contributed by atoms with E-state index in [9.17, 15) is 5.11 Å². The van der Waals surface area contributed by atoms with E-state index in [2.05, 4.69) is 20.3 Å². The summed E-state index contributed by atoms with van der Waals surface area (Å²) < 4.78 is 1.65. The zero-order chi connectivity index (χ0) is 27.9. The smallest absolute Gasteiger partial charge is 0.152 e. The molecule has 10 heteroatoms. The molecule has 0 unspecified atom stereocenters. The Bertz CT molecular complexity index is 1850. The molecule has 0 aliphatic carbocycles. The number of rotatable bonds is 6. The number of aliphatic hydroxyl groups is 1. The SMILES string of the molecule is CC(C)(O)c1cccc(Cn2cc(-c3nc(-c4cc(Cl)c5ncccc5c4)c(-c4ccccc4)nc3N)nn2)n1. The molecule has 198 valence electrons. The van der Waals surface area contributed by atoms with Crippen molar-refractivity contribution in [1.29, 1.82) is 0 Å². The Morgan fingerprint density at radius 3 is 2.48 bits per heavy atom. The van der Waals surface area contributed by atoms with Crippen LogP contribution in [-0.4, -0.2) is 40.0 Å². The molecule has 2 aromatic carbocycles. The van der Waals surface area contributed by atoms with Crippen molar-refractivity contribution < 1.29 is 5.11 Å². The van der Waals surface area contributed by atoms with E-state index in [4.69, 9.17) is 27.3 Å². The standard InChI is InChI=1S/C30H25ClN8O/c1-30(2,40)24-12-6-11-21(34-24)16-39-17-23(37-38-39)28-29(32)36-26(18-8-4-3-5-9-18)27(35-28)20-14-19-10-7-13-33-25(19)22(31)15-20/h3-15,17,40H,16H2,1-2H3,(H2,32,36). The first-order valence-corrected chi connectivity index (χ1v) is 13.0. The lowest BCUT2D eigenvalue weighted by Gasteiger charge is -2.17. The third-order valence-corrected chi connectivity index (χ3v) is 6.73. The molecule has 0 spiro atoms. The maximum Gasteiger partial charge on any atom is 0.152 e. The third-order valence-electron chi connectivity index (χ3n) is 6.44. The molecule has 0 saturated heterocycles. The molecule has 0 radical (unpaired) electrons. The van der Waals surface area contributed by atoms with Crippen molar-refractivity contribution in [2.75, 3.05) is 5.73 Å². The van der Waals surface area contributed by atoms with E-state index in [1.807, 2.05) is 66.7 Å². The van der Waals surface area contributed by atoms with Crippen molar-refractivity contribution in [1.82, 2.24) is 34.9 Å². The number of fused-ring (bicyclic) bond motifs is 1. The van der Waals surface area contributed by atoms with Gasteiger partial charge in [-0.05, 0) is 44.2 Å². The van der Waals surface area contributed by atoms with Crippen LogP contribution in [-0.2, 0) is 12.1 Å². The van der Waals surface area contributed by atoms with Gasteiger partial charge in [-0.1, -0.05) is 59.3 Å². The molecule has 3 N–H and O–H groups in total. The number of hydrogen-bond acceptors (Lipinski definition) is 8. The Labute approximate surface area is 235 Å². The fraction of sp³-hybridized carbons (Fsp3) is 0.133. The molecule has 0 aliphatic heterocycles. The zero-order valence-corrected chi connectivity index (χ0v) is 22.6. The lowest BCUT2D eigenvalue weighted by molar-refractivity contribution is 0.0736. The summed E-state index contributed by atoms with van der Waals surface area (Å²) in [6, 6.07) is 22.9. The number of nitrogen functional groups attached to an aromatic ring is 1. The molecule has 0 atom stereocenters. The lowest BCUT2D eigenvalue weighted by atomic mass is 10.0. The van der Waals surface area contributed by atoms with E-state index < -0.39 is 5.60 Å². The summed E-state index contributed by atoms with van der Waals surface area (Å²) >= 11 is 6.64. The normalized spacial score (nSPS) is 11.7. The van der Waals surface area contributed by atoms with Gasteiger partial charge < -0.3 is 10.8 Å². The van der Waals surface area contributed by atoms with Gasteiger partial charge in [0.15, 0.2) is 5.82 Å². The summed E-state index contributed by atoms with van der Waals surface area (Å²) in [5, 5.41) is 20.3. The van der Waals surface area contributed by atoms with E-state index in [0.717, 1.165) is 22.2 Å². The fourth-order valence-corrected chi connectivity index (χ4v) is 4.75. The maximum atomic E-state index is 10.3. The van der Waals surface area contributed by atoms with Gasteiger partial charge in [-0.3, -0.25) is 9.97 Å². The number of aromatic nitrogens is 7. The molecular weight excluding hydrogens is 524 g/mol. The minimum absolute atomic E-state index is 0.227. The molecule has 4 heterocycles. The summed E-state index contributed by atoms with van der Waals surface area (Å²) in [7, 11) is 0. The Kier molecular flexibility index (Phi) is 6.45. The number of anilines is 1. The molecule has 6 aromatic rings.